The number of hydrogen-bond donors (Lipinski definition) is 0. The Labute approximate surface area is 196 Å². The molecule has 0 aliphatic carbocycles. The van der Waals surface area contributed by atoms with Gasteiger partial charge < -0.3 is 23.5 Å². The maximum atomic E-state index is 11.2. The van der Waals surface area contributed by atoms with Crippen LogP contribution in [0.3, 0.4) is 0 Å². The van der Waals surface area contributed by atoms with Crippen LogP contribution < -0.4 is 34.3 Å². The van der Waals surface area contributed by atoms with Crippen molar-refractivity contribution in [2.75, 3.05) is 19.5 Å². The van der Waals surface area contributed by atoms with E-state index in [2.05, 4.69) is 6.92 Å². The molecule has 0 spiro atoms. The zero-order chi connectivity index (χ0) is 20.7. The molecule has 1 fully saturated rings. The molecule has 0 bridgehead atoms. The minimum Gasteiger partial charge on any atom is -0.748 e. The molecule has 0 aromatic heterocycles. The summed E-state index contributed by atoms with van der Waals surface area (Å²) in [5, 5.41) is 0. The third-order valence-corrected chi connectivity index (χ3v) is 6.00. The standard InChI is InChI=1S/C20H32O7S.Na/c1-5-6-11-25-20-19(26-12-16-7-9-17(24-4)10-8-16)15(3)14(2)18(27-20)13-28(21,22)23;/h7-10,14-15,18-20H,5-6,11-13H2,1-4H3,(H,21,22,23);/q;+1/p-1/t14-,15-,18+,19+,20+;/m0./s1. The van der Waals surface area contributed by atoms with Gasteiger partial charge in [-0.25, -0.2) is 8.42 Å². The van der Waals surface area contributed by atoms with Gasteiger partial charge >= 0.3 is 29.6 Å². The van der Waals surface area contributed by atoms with Gasteiger partial charge in [-0.05, 0) is 36.0 Å². The SMILES string of the molecule is CCCCO[C@@H]1O[C@H](CS(=O)(=O)[O-])[C@@H](C)[C@H](C)[C@H]1OCc1ccc(OC)cc1.[Na+]. The average molecular weight is 439 g/mol. The topological polar surface area (TPSA) is 94.1 Å². The van der Waals surface area contributed by atoms with Crippen molar-refractivity contribution in [2.24, 2.45) is 11.8 Å². The third-order valence-electron chi connectivity index (χ3n) is 5.26. The molecule has 0 saturated carbocycles. The summed E-state index contributed by atoms with van der Waals surface area (Å²) in [5.41, 5.74) is 0.984. The summed E-state index contributed by atoms with van der Waals surface area (Å²) in [6.45, 7) is 6.77. The summed E-state index contributed by atoms with van der Waals surface area (Å²) in [4.78, 5) is 0. The molecule has 160 valence electrons. The number of hydrogen-bond acceptors (Lipinski definition) is 7. The molecule has 0 amide bonds. The quantitative estimate of drug-likeness (QED) is 0.287. The Morgan fingerprint density at radius 1 is 1.10 bits per heavy atom. The summed E-state index contributed by atoms with van der Waals surface area (Å²) in [6.07, 6.45) is 0.0563. The number of rotatable bonds is 10. The molecule has 0 radical (unpaired) electrons. The van der Waals surface area contributed by atoms with Gasteiger partial charge in [0, 0.05) is 6.61 Å². The van der Waals surface area contributed by atoms with Gasteiger partial charge in [0.15, 0.2) is 6.29 Å². The molecule has 1 aromatic rings. The molecular formula is C20H31NaO7S. The fraction of sp³-hybridized carbons (Fsp3) is 0.700. The van der Waals surface area contributed by atoms with Gasteiger partial charge in [0.1, 0.15) is 11.9 Å². The summed E-state index contributed by atoms with van der Waals surface area (Å²) >= 11 is 0. The van der Waals surface area contributed by atoms with Crippen LogP contribution in [0.2, 0.25) is 0 Å². The molecule has 29 heavy (non-hydrogen) atoms. The molecule has 0 N–H and O–H groups in total. The van der Waals surface area contributed by atoms with Gasteiger partial charge in [-0.2, -0.15) is 0 Å². The Kier molecular flexibility index (Phi) is 11.7. The van der Waals surface area contributed by atoms with Gasteiger partial charge in [0.05, 0.1) is 35.7 Å². The Hall–Kier alpha value is -0.190. The van der Waals surface area contributed by atoms with E-state index in [1.54, 1.807) is 7.11 Å². The largest absolute Gasteiger partial charge is 1.00 e. The van der Waals surface area contributed by atoms with Crippen molar-refractivity contribution in [3.8, 4) is 5.75 Å². The monoisotopic (exact) mass is 438 g/mol. The number of ether oxygens (including phenoxy) is 4. The molecule has 2 rings (SSSR count). The van der Waals surface area contributed by atoms with E-state index < -0.39 is 28.3 Å². The number of unbranched alkanes of at least 4 members (excludes halogenated alkanes) is 1. The average Bonchev–Trinajstić information content (AvgIpc) is 2.65. The van der Waals surface area contributed by atoms with Crippen LogP contribution in [0.15, 0.2) is 24.3 Å². The van der Waals surface area contributed by atoms with Crippen molar-refractivity contribution < 1.29 is 61.5 Å². The predicted molar refractivity (Wildman–Crippen MR) is 104 cm³/mol. The second kappa shape index (κ2) is 12.6. The van der Waals surface area contributed by atoms with Crippen molar-refractivity contribution in [1.82, 2.24) is 0 Å². The smallest absolute Gasteiger partial charge is 0.748 e. The van der Waals surface area contributed by atoms with Crippen LogP contribution in [0.5, 0.6) is 5.75 Å². The second-order valence-corrected chi connectivity index (χ2v) is 8.78. The van der Waals surface area contributed by atoms with E-state index in [9.17, 15) is 13.0 Å². The Bertz CT molecular complexity index is 695. The molecule has 1 aromatic carbocycles. The summed E-state index contributed by atoms with van der Waals surface area (Å²) in [5.74, 6) is 0.0207. The van der Waals surface area contributed by atoms with Gasteiger partial charge in [-0.3, -0.25) is 0 Å². The Morgan fingerprint density at radius 2 is 1.76 bits per heavy atom. The first-order valence-electron chi connectivity index (χ1n) is 9.70. The van der Waals surface area contributed by atoms with Gasteiger partial charge in [-0.15, -0.1) is 0 Å². The number of methoxy groups -OCH3 is 1. The molecule has 0 unspecified atom stereocenters. The first-order valence-corrected chi connectivity index (χ1v) is 11.3. The van der Waals surface area contributed by atoms with E-state index in [1.807, 2.05) is 38.1 Å². The molecule has 1 aliphatic rings. The summed E-state index contributed by atoms with van der Waals surface area (Å²) < 4.78 is 56.8. The first kappa shape index (κ1) is 26.8. The summed E-state index contributed by atoms with van der Waals surface area (Å²) in [6, 6.07) is 7.59. The van der Waals surface area contributed by atoms with E-state index in [-0.39, 0.29) is 47.5 Å². The minimum atomic E-state index is -4.39. The van der Waals surface area contributed by atoms with Crippen LogP contribution in [-0.2, 0) is 30.9 Å². The van der Waals surface area contributed by atoms with Crippen molar-refractivity contribution in [2.45, 2.75) is 58.7 Å². The molecule has 1 aliphatic heterocycles. The first-order chi connectivity index (χ1) is 13.2. The number of benzene rings is 1. The molecule has 5 atom stereocenters. The zero-order valence-corrected chi connectivity index (χ0v) is 20.8. The maximum Gasteiger partial charge on any atom is 1.00 e. The fourth-order valence-corrected chi connectivity index (χ4v) is 4.06. The van der Waals surface area contributed by atoms with Crippen LogP contribution in [0.1, 0.15) is 39.2 Å². The minimum absolute atomic E-state index is 0. The van der Waals surface area contributed by atoms with Crippen LogP contribution in [0, 0.1) is 11.8 Å². The van der Waals surface area contributed by atoms with Gasteiger partial charge in [-0.1, -0.05) is 39.3 Å². The fourth-order valence-electron chi connectivity index (χ4n) is 3.27. The molecular weight excluding hydrogens is 407 g/mol. The van der Waals surface area contributed by atoms with E-state index in [0.717, 1.165) is 24.2 Å². The predicted octanol–water partition coefficient (Wildman–Crippen LogP) is -0.0566. The maximum absolute atomic E-state index is 11.2. The molecule has 9 heteroatoms. The van der Waals surface area contributed by atoms with Crippen molar-refractivity contribution in [1.29, 1.82) is 0 Å². The van der Waals surface area contributed by atoms with Crippen molar-refractivity contribution in [3.05, 3.63) is 29.8 Å². The Balaban J connectivity index is 0.00000420. The van der Waals surface area contributed by atoms with Crippen LogP contribution in [0.25, 0.3) is 0 Å². The van der Waals surface area contributed by atoms with Gasteiger partial charge in [0.25, 0.3) is 0 Å². The molecule has 7 nitrogen and oxygen atoms in total. The van der Waals surface area contributed by atoms with Crippen LogP contribution >= 0.6 is 0 Å². The van der Waals surface area contributed by atoms with E-state index in [4.69, 9.17) is 18.9 Å². The van der Waals surface area contributed by atoms with E-state index in [0.29, 0.717) is 13.2 Å². The summed E-state index contributed by atoms with van der Waals surface area (Å²) in [7, 11) is -2.78. The van der Waals surface area contributed by atoms with Crippen LogP contribution in [0.4, 0.5) is 0 Å². The van der Waals surface area contributed by atoms with E-state index in [1.165, 1.54) is 0 Å². The van der Waals surface area contributed by atoms with Gasteiger partial charge in [0.2, 0.25) is 0 Å². The Morgan fingerprint density at radius 3 is 2.31 bits per heavy atom. The third kappa shape index (κ3) is 8.45. The molecule has 1 saturated heterocycles. The second-order valence-electron chi connectivity index (χ2n) is 7.33. The molecule has 1 heterocycles. The van der Waals surface area contributed by atoms with Crippen LogP contribution in [-0.4, -0.2) is 50.9 Å². The van der Waals surface area contributed by atoms with E-state index >= 15 is 0 Å². The normalized spacial score (nSPS) is 27.3. The van der Waals surface area contributed by atoms with Crippen molar-refractivity contribution in [3.63, 3.8) is 0 Å². The zero-order valence-electron chi connectivity index (χ0n) is 18.0. The van der Waals surface area contributed by atoms with Crippen molar-refractivity contribution >= 4 is 10.1 Å².